The van der Waals surface area contributed by atoms with E-state index in [0.29, 0.717) is 0 Å². The van der Waals surface area contributed by atoms with Gasteiger partial charge in [-0.15, -0.1) is 0 Å². The maximum absolute atomic E-state index is 10.2. The maximum Gasteiger partial charge on any atom is 0.314 e. The molecule has 20 heavy (non-hydrogen) atoms. The Balaban J connectivity index is -0.000000102. The molecule has 0 radical (unpaired) electrons. The van der Waals surface area contributed by atoms with Crippen molar-refractivity contribution in [1.82, 2.24) is 10.6 Å². The zero-order chi connectivity index (χ0) is 14.4. The number of rotatable bonds is 3. The summed E-state index contributed by atoms with van der Waals surface area (Å²) in [7, 11) is 0. The number of carboxylic acids is 1. The van der Waals surface area contributed by atoms with E-state index in [1.807, 2.05) is 0 Å². The van der Waals surface area contributed by atoms with Gasteiger partial charge in [0.25, 0.3) is 0 Å². The van der Waals surface area contributed by atoms with Crippen LogP contribution in [0.2, 0.25) is 0 Å². The molecule has 1 fully saturated rings. The van der Waals surface area contributed by atoms with Gasteiger partial charge in [-0.1, -0.05) is 14.9 Å². The summed E-state index contributed by atoms with van der Waals surface area (Å²) in [6.07, 6.45) is 0. The second-order valence-electron chi connectivity index (χ2n) is 3.82. The number of hydrogen-bond donors (Lipinski definition) is 7. The molecular formula is C12H32N2O6. The minimum Gasteiger partial charge on any atom is -0.481 e. The maximum atomic E-state index is 10.2. The lowest BCUT2D eigenvalue weighted by atomic mass is 9.94. The second kappa shape index (κ2) is 18.2. The fraction of sp³-hybridized carbons (Fsp3) is 0.917. The Morgan fingerprint density at radius 1 is 0.950 bits per heavy atom. The van der Waals surface area contributed by atoms with E-state index in [4.69, 9.17) is 25.5 Å². The van der Waals surface area contributed by atoms with Gasteiger partial charge in [0.1, 0.15) is 12.2 Å². The molecule has 0 atom stereocenters. The standard InChI is InChI=1S/C5H10O4.C4H10N2.CH4O2.2CH4/c1-5(2-6,3-7)4(8)9;1-2-6-4-3-5-1;2-1-3;;/h6-7H,2-3H2,1H3,(H,8,9);5-6H,1-4H2;2-3H,1H2;2*1H4. The van der Waals surface area contributed by atoms with Crippen molar-refractivity contribution in [1.29, 1.82) is 0 Å². The van der Waals surface area contributed by atoms with Crippen molar-refractivity contribution in [2.45, 2.75) is 21.8 Å². The van der Waals surface area contributed by atoms with Gasteiger partial charge in [-0.2, -0.15) is 0 Å². The van der Waals surface area contributed by atoms with Crippen molar-refractivity contribution in [2.75, 3.05) is 46.2 Å². The predicted molar refractivity (Wildman–Crippen MR) is 78.4 cm³/mol. The van der Waals surface area contributed by atoms with Crippen LogP contribution in [0.1, 0.15) is 21.8 Å². The first-order chi connectivity index (χ1) is 8.48. The van der Waals surface area contributed by atoms with Crippen LogP contribution in [0.25, 0.3) is 0 Å². The summed E-state index contributed by atoms with van der Waals surface area (Å²) in [4.78, 5) is 10.2. The highest BCUT2D eigenvalue weighted by Gasteiger charge is 2.31. The molecule has 1 rings (SSSR count). The lowest BCUT2D eigenvalue weighted by Gasteiger charge is -2.17. The number of carbonyl (C=O) groups is 1. The third-order valence-corrected chi connectivity index (χ3v) is 2.17. The molecule has 0 amide bonds. The van der Waals surface area contributed by atoms with Crippen molar-refractivity contribution in [2.24, 2.45) is 5.41 Å². The molecule has 7 N–H and O–H groups in total. The Morgan fingerprint density at radius 3 is 1.25 bits per heavy atom. The largest absolute Gasteiger partial charge is 0.481 e. The fourth-order valence-electron chi connectivity index (χ4n) is 0.789. The molecule has 1 aliphatic rings. The van der Waals surface area contributed by atoms with Gasteiger partial charge in [-0.3, -0.25) is 4.79 Å². The first-order valence-electron chi connectivity index (χ1n) is 5.56. The van der Waals surface area contributed by atoms with E-state index in [1.54, 1.807) is 0 Å². The van der Waals surface area contributed by atoms with Crippen LogP contribution in [0.4, 0.5) is 0 Å². The molecule has 1 heterocycles. The zero-order valence-corrected chi connectivity index (χ0v) is 10.6. The predicted octanol–water partition coefficient (Wildman–Crippen LogP) is -1.56. The lowest BCUT2D eigenvalue weighted by molar-refractivity contribution is -0.152. The molecule has 8 nitrogen and oxygen atoms in total. The minimum absolute atomic E-state index is 0. The van der Waals surface area contributed by atoms with Crippen molar-refractivity contribution in [3.8, 4) is 0 Å². The zero-order valence-electron chi connectivity index (χ0n) is 10.6. The highest BCUT2D eigenvalue weighted by molar-refractivity contribution is 5.74. The molecule has 0 unspecified atom stereocenters. The molecule has 0 bridgehead atoms. The van der Waals surface area contributed by atoms with Gasteiger partial charge in [0.15, 0.2) is 0 Å². The van der Waals surface area contributed by atoms with Crippen LogP contribution in [0.5, 0.6) is 0 Å². The van der Waals surface area contributed by atoms with Crippen LogP contribution in [0.3, 0.4) is 0 Å². The van der Waals surface area contributed by atoms with E-state index in [2.05, 4.69) is 10.6 Å². The highest BCUT2D eigenvalue weighted by atomic mass is 16.5. The molecule has 0 aromatic carbocycles. The van der Waals surface area contributed by atoms with Crippen LogP contribution in [0.15, 0.2) is 0 Å². The molecular weight excluding hydrogens is 268 g/mol. The molecule has 8 heteroatoms. The average Bonchev–Trinajstić information content (AvgIpc) is 2.41. The Bertz CT molecular complexity index is 185. The number of aliphatic carboxylic acids is 1. The number of carboxylic acid groups (broad SMARTS) is 1. The van der Waals surface area contributed by atoms with Crippen LogP contribution in [0, 0.1) is 5.41 Å². The van der Waals surface area contributed by atoms with Crippen LogP contribution in [-0.4, -0.2) is 77.7 Å². The van der Waals surface area contributed by atoms with E-state index >= 15 is 0 Å². The average molecular weight is 300 g/mol. The Labute approximate surface area is 121 Å². The summed E-state index contributed by atoms with van der Waals surface area (Å²) >= 11 is 0. The fourth-order valence-corrected chi connectivity index (χ4v) is 0.789. The Morgan fingerprint density at radius 2 is 1.20 bits per heavy atom. The number of piperazine rings is 1. The molecule has 1 saturated heterocycles. The second-order valence-corrected chi connectivity index (χ2v) is 3.82. The first kappa shape index (κ1) is 27.6. The van der Waals surface area contributed by atoms with Crippen molar-refractivity contribution >= 4 is 5.97 Å². The first-order valence-corrected chi connectivity index (χ1v) is 5.56. The topological polar surface area (TPSA) is 142 Å². The van der Waals surface area contributed by atoms with Crippen LogP contribution < -0.4 is 10.6 Å². The van der Waals surface area contributed by atoms with E-state index in [1.165, 1.54) is 6.92 Å². The number of aliphatic hydroxyl groups excluding tert-OH is 3. The van der Waals surface area contributed by atoms with Crippen LogP contribution >= 0.6 is 0 Å². The monoisotopic (exact) mass is 300 g/mol. The normalized spacial score (nSPS) is 13.2. The third kappa shape index (κ3) is 15.3. The molecule has 0 aromatic rings. The van der Waals surface area contributed by atoms with Crippen molar-refractivity contribution in [3.05, 3.63) is 0 Å². The number of hydrogen-bond acceptors (Lipinski definition) is 7. The van der Waals surface area contributed by atoms with Gasteiger partial charge < -0.3 is 36.2 Å². The molecule has 0 aliphatic carbocycles. The quantitative estimate of drug-likeness (QED) is 0.310. The molecule has 0 saturated carbocycles. The summed E-state index contributed by atoms with van der Waals surface area (Å²) < 4.78 is 0. The molecule has 126 valence electrons. The van der Waals surface area contributed by atoms with Gasteiger partial charge in [-0.25, -0.2) is 0 Å². The summed E-state index contributed by atoms with van der Waals surface area (Å²) in [6.45, 7) is 3.99. The number of nitrogens with one attached hydrogen (secondary N) is 2. The SMILES string of the molecule is C.C.C1CNCCN1.CC(CO)(CO)C(=O)O.OCO. The van der Waals surface area contributed by atoms with Crippen molar-refractivity contribution < 1.29 is 30.3 Å². The summed E-state index contributed by atoms with van der Waals surface area (Å²) in [5.41, 5.74) is -1.39. The molecule has 0 aromatic heterocycles. The number of aliphatic hydroxyl groups is 4. The molecule has 1 aliphatic heterocycles. The lowest BCUT2D eigenvalue weighted by Crippen LogP contribution is -2.39. The van der Waals surface area contributed by atoms with Gasteiger partial charge in [-0.05, 0) is 6.92 Å². The van der Waals surface area contributed by atoms with Gasteiger partial charge in [0, 0.05) is 26.2 Å². The Kier molecular flexibility index (Phi) is 25.1. The highest BCUT2D eigenvalue weighted by Crippen LogP contribution is 2.12. The van der Waals surface area contributed by atoms with E-state index < -0.39 is 31.4 Å². The third-order valence-electron chi connectivity index (χ3n) is 2.17. The van der Waals surface area contributed by atoms with Crippen LogP contribution in [-0.2, 0) is 4.79 Å². The van der Waals surface area contributed by atoms with Crippen molar-refractivity contribution in [3.63, 3.8) is 0 Å². The van der Waals surface area contributed by atoms with Gasteiger partial charge >= 0.3 is 5.97 Å². The minimum atomic E-state index is -1.39. The Hall–Kier alpha value is -0.770. The van der Waals surface area contributed by atoms with E-state index in [9.17, 15) is 4.79 Å². The van der Waals surface area contributed by atoms with E-state index in [-0.39, 0.29) is 14.9 Å². The summed E-state index contributed by atoms with van der Waals surface area (Å²) in [5.74, 6) is -1.19. The van der Waals surface area contributed by atoms with Gasteiger partial charge in [0.2, 0.25) is 0 Å². The van der Waals surface area contributed by atoms with Gasteiger partial charge in [0.05, 0.1) is 13.2 Å². The smallest absolute Gasteiger partial charge is 0.314 e. The summed E-state index contributed by atoms with van der Waals surface area (Å²) in [5, 5.41) is 45.8. The van der Waals surface area contributed by atoms with E-state index in [0.717, 1.165) is 26.2 Å². The molecule has 0 spiro atoms. The summed E-state index contributed by atoms with van der Waals surface area (Å²) in [6, 6.07) is 0.